The van der Waals surface area contributed by atoms with E-state index in [1.807, 2.05) is 18.5 Å². The lowest BCUT2D eigenvalue weighted by Crippen LogP contribution is -2.28. The van der Waals surface area contributed by atoms with E-state index in [2.05, 4.69) is 40.6 Å². The molecule has 0 aromatic carbocycles. The minimum Gasteiger partial charge on any atom is -0.383 e. The number of methoxy groups -OCH3 is 1. The largest absolute Gasteiger partial charge is 0.383 e. The summed E-state index contributed by atoms with van der Waals surface area (Å²) in [4.78, 5) is 8.82. The summed E-state index contributed by atoms with van der Waals surface area (Å²) in [6.07, 6.45) is 3.63. The molecule has 0 fully saturated rings. The number of fused-ring (bicyclic) bond motifs is 1. The number of ether oxygens (including phenoxy) is 1. The van der Waals surface area contributed by atoms with Crippen LogP contribution in [0.1, 0.15) is 26.6 Å². The predicted octanol–water partition coefficient (Wildman–Crippen LogP) is 1.92. The molecule has 2 rings (SSSR count). The molecule has 0 unspecified atom stereocenters. The number of imidazole rings is 1. The molecule has 2 aromatic heterocycles. The lowest BCUT2D eigenvalue weighted by molar-refractivity contribution is 0.198. The van der Waals surface area contributed by atoms with Crippen molar-refractivity contribution < 1.29 is 4.74 Å². The fourth-order valence-corrected chi connectivity index (χ4v) is 2.22. The van der Waals surface area contributed by atoms with Crippen LogP contribution in [-0.4, -0.2) is 34.8 Å². The number of pyridine rings is 1. The number of hydrogen-bond donors (Lipinski definition) is 1. The minimum atomic E-state index is -0.00558. The van der Waals surface area contributed by atoms with Crippen LogP contribution in [0.4, 0.5) is 0 Å². The normalized spacial score (nSPS) is 12.2. The van der Waals surface area contributed by atoms with Gasteiger partial charge in [-0.2, -0.15) is 0 Å². The Morgan fingerprint density at radius 1 is 1.37 bits per heavy atom. The third-order valence-corrected chi connectivity index (χ3v) is 2.96. The second-order valence-corrected chi connectivity index (χ2v) is 5.57. The number of nitrogens with one attached hydrogen (secondary N) is 1. The summed E-state index contributed by atoms with van der Waals surface area (Å²) in [7, 11) is 1.71. The molecule has 0 spiro atoms. The first kappa shape index (κ1) is 14.0. The van der Waals surface area contributed by atoms with Gasteiger partial charge in [0.15, 0.2) is 0 Å². The Bertz CT molecular complexity index is 542. The number of rotatable bonds is 5. The van der Waals surface area contributed by atoms with Crippen molar-refractivity contribution >= 4 is 11.0 Å². The molecule has 1 N–H and O–H groups in total. The Kier molecular flexibility index (Phi) is 4.17. The molecule has 19 heavy (non-hydrogen) atoms. The van der Waals surface area contributed by atoms with Crippen molar-refractivity contribution in [3.63, 3.8) is 0 Å². The van der Waals surface area contributed by atoms with E-state index in [-0.39, 0.29) is 5.54 Å². The average molecular weight is 262 g/mol. The van der Waals surface area contributed by atoms with Gasteiger partial charge in [-0.3, -0.25) is 4.98 Å². The molecule has 0 atom stereocenters. The van der Waals surface area contributed by atoms with Gasteiger partial charge in [0.25, 0.3) is 0 Å². The van der Waals surface area contributed by atoms with Crippen LogP contribution in [0.5, 0.6) is 0 Å². The lowest BCUT2D eigenvalue weighted by atomic mass is 10.1. The highest BCUT2D eigenvalue weighted by Gasteiger charge is 2.20. The van der Waals surface area contributed by atoms with Gasteiger partial charge < -0.3 is 14.6 Å². The van der Waals surface area contributed by atoms with Crippen molar-refractivity contribution in [1.82, 2.24) is 19.9 Å². The van der Waals surface area contributed by atoms with Gasteiger partial charge in [-0.15, -0.1) is 0 Å². The van der Waals surface area contributed by atoms with E-state index >= 15 is 0 Å². The number of aromatic nitrogens is 3. The predicted molar refractivity (Wildman–Crippen MR) is 76.1 cm³/mol. The zero-order chi connectivity index (χ0) is 13.9. The van der Waals surface area contributed by atoms with Gasteiger partial charge in [0.05, 0.1) is 24.9 Å². The third kappa shape index (κ3) is 3.11. The lowest BCUT2D eigenvalue weighted by Gasteiger charge is -2.24. The zero-order valence-corrected chi connectivity index (χ0v) is 12.1. The first-order valence-electron chi connectivity index (χ1n) is 6.55. The highest BCUT2D eigenvalue weighted by atomic mass is 16.5. The fraction of sp³-hybridized carbons (Fsp3) is 0.571. The van der Waals surface area contributed by atoms with Gasteiger partial charge in [0.1, 0.15) is 11.3 Å². The van der Waals surface area contributed by atoms with Crippen molar-refractivity contribution in [2.75, 3.05) is 20.3 Å². The summed E-state index contributed by atoms with van der Waals surface area (Å²) in [5.74, 6) is 1.03. The maximum Gasteiger partial charge on any atom is 0.124 e. The molecular weight excluding hydrogens is 240 g/mol. The van der Waals surface area contributed by atoms with Gasteiger partial charge in [-0.1, -0.05) is 0 Å². The fourth-order valence-electron chi connectivity index (χ4n) is 2.22. The summed E-state index contributed by atoms with van der Waals surface area (Å²) in [6, 6.07) is 2.02. The summed E-state index contributed by atoms with van der Waals surface area (Å²) in [6.45, 7) is 8.82. The molecule has 0 saturated heterocycles. The van der Waals surface area contributed by atoms with Crippen LogP contribution in [0, 0.1) is 0 Å². The molecule has 0 saturated carbocycles. The number of hydrogen-bond acceptors (Lipinski definition) is 4. The second-order valence-electron chi connectivity index (χ2n) is 5.57. The number of nitrogens with zero attached hydrogens (tertiary/aromatic N) is 3. The molecule has 5 heteroatoms. The molecular formula is C14H22N4O. The monoisotopic (exact) mass is 262 g/mol. The van der Waals surface area contributed by atoms with E-state index in [1.165, 1.54) is 0 Å². The zero-order valence-electron chi connectivity index (χ0n) is 12.1. The van der Waals surface area contributed by atoms with Crippen LogP contribution in [0.25, 0.3) is 11.0 Å². The molecule has 0 aliphatic heterocycles. The first-order chi connectivity index (χ1) is 9.04. The average Bonchev–Trinajstić information content (AvgIpc) is 2.72. The highest BCUT2D eigenvalue weighted by Crippen LogP contribution is 2.24. The molecule has 5 nitrogen and oxygen atoms in total. The van der Waals surface area contributed by atoms with E-state index < -0.39 is 0 Å². The van der Waals surface area contributed by atoms with Crippen molar-refractivity contribution in [1.29, 1.82) is 0 Å². The van der Waals surface area contributed by atoms with Crippen molar-refractivity contribution in [3.8, 4) is 0 Å². The third-order valence-electron chi connectivity index (χ3n) is 2.96. The van der Waals surface area contributed by atoms with Crippen molar-refractivity contribution in [3.05, 3.63) is 24.3 Å². The Hall–Kier alpha value is -1.46. The molecule has 0 radical (unpaired) electrons. The summed E-state index contributed by atoms with van der Waals surface area (Å²) in [5, 5.41) is 3.35. The van der Waals surface area contributed by atoms with E-state index in [4.69, 9.17) is 4.74 Å². The summed E-state index contributed by atoms with van der Waals surface area (Å²) < 4.78 is 7.30. The molecule has 0 bridgehead atoms. The SMILES string of the molecule is COCCNCc1nc2cnccc2n1C(C)(C)C. The molecule has 0 aliphatic carbocycles. The van der Waals surface area contributed by atoms with Gasteiger partial charge in [0.2, 0.25) is 0 Å². The summed E-state index contributed by atoms with van der Waals surface area (Å²) >= 11 is 0. The van der Waals surface area contributed by atoms with Crippen LogP contribution >= 0.6 is 0 Å². The van der Waals surface area contributed by atoms with E-state index in [1.54, 1.807) is 7.11 Å². The van der Waals surface area contributed by atoms with Crippen LogP contribution in [0.2, 0.25) is 0 Å². The van der Waals surface area contributed by atoms with Crippen LogP contribution in [-0.2, 0) is 16.8 Å². The Morgan fingerprint density at radius 2 is 2.16 bits per heavy atom. The Morgan fingerprint density at radius 3 is 2.84 bits per heavy atom. The molecule has 0 aliphatic rings. The van der Waals surface area contributed by atoms with Gasteiger partial charge in [-0.25, -0.2) is 4.98 Å². The van der Waals surface area contributed by atoms with Crippen LogP contribution < -0.4 is 5.32 Å². The van der Waals surface area contributed by atoms with Gasteiger partial charge in [-0.05, 0) is 26.8 Å². The minimum absolute atomic E-state index is 0.00558. The first-order valence-corrected chi connectivity index (χ1v) is 6.55. The van der Waals surface area contributed by atoms with E-state index in [9.17, 15) is 0 Å². The molecule has 104 valence electrons. The Labute approximate surface area is 114 Å². The smallest absolute Gasteiger partial charge is 0.124 e. The maximum absolute atomic E-state index is 5.04. The highest BCUT2D eigenvalue weighted by molar-refractivity contribution is 5.75. The molecule has 2 aromatic rings. The van der Waals surface area contributed by atoms with Gasteiger partial charge >= 0.3 is 0 Å². The standard InChI is InChI=1S/C14H22N4O/c1-14(2,3)18-12-5-6-15-9-11(12)17-13(18)10-16-7-8-19-4/h5-6,9,16H,7-8,10H2,1-4H3. The van der Waals surface area contributed by atoms with E-state index in [0.717, 1.165) is 29.9 Å². The topological polar surface area (TPSA) is 52.0 Å². The Balaban J connectivity index is 2.31. The van der Waals surface area contributed by atoms with Gasteiger partial charge in [0, 0.05) is 25.4 Å². The van der Waals surface area contributed by atoms with Crippen LogP contribution in [0.15, 0.2) is 18.5 Å². The van der Waals surface area contributed by atoms with Crippen LogP contribution in [0.3, 0.4) is 0 Å². The quantitative estimate of drug-likeness (QED) is 0.836. The van der Waals surface area contributed by atoms with Crippen molar-refractivity contribution in [2.24, 2.45) is 0 Å². The van der Waals surface area contributed by atoms with Crippen molar-refractivity contribution in [2.45, 2.75) is 32.9 Å². The maximum atomic E-state index is 5.04. The molecule has 0 amide bonds. The van der Waals surface area contributed by atoms with E-state index in [0.29, 0.717) is 6.61 Å². The molecule has 2 heterocycles. The summed E-state index contributed by atoms with van der Waals surface area (Å²) in [5.41, 5.74) is 2.07. The second kappa shape index (κ2) is 5.67.